The number of rotatable bonds is 4. The van der Waals surface area contributed by atoms with Gasteiger partial charge >= 0.3 is 0 Å². The van der Waals surface area contributed by atoms with Gasteiger partial charge in [0.1, 0.15) is 0 Å². The molecular weight excluding hydrogens is 312 g/mol. The van der Waals surface area contributed by atoms with E-state index < -0.39 is 0 Å². The van der Waals surface area contributed by atoms with Crippen molar-refractivity contribution in [2.24, 2.45) is 5.92 Å². The fourth-order valence-corrected chi connectivity index (χ4v) is 3.87. The zero-order valence-electron chi connectivity index (χ0n) is 12.2. The van der Waals surface area contributed by atoms with Gasteiger partial charge in [-0.2, -0.15) is 0 Å². The number of anilines is 1. The highest BCUT2D eigenvalue weighted by Gasteiger charge is 2.22. The minimum Gasteiger partial charge on any atom is -0.372 e. The number of benzene rings is 1. The Morgan fingerprint density at radius 1 is 0.950 bits per heavy atom. The first kappa shape index (κ1) is 14.4. The van der Waals surface area contributed by atoms with Crippen molar-refractivity contribution in [3.63, 3.8) is 0 Å². The van der Waals surface area contributed by atoms with Gasteiger partial charge in [0.05, 0.1) is 0 Å². The lowest BCUT2D eigenvalue weighted by atomic mass is 9.96. The number of alkyl halides is 1. The van der Waals surface area contributed by atoms with Crippen LogP contribution < -0.4 is 4.90 Å². The van der Waals surface area contributed by atoms with Crippen LogP contribution in [0, 0.1) is 5.92 Å². The van der Waals surface area contributed by atoms with Crippen molar-refractivity contribution < 1.29 is 0 Å². The highest BCUT2D eigenvalue weighted by atomic mass is 79.9. The molecular formula is C17H25BrN2. The Morgan fingerprint density at radius 2 is 1.60 bits per heavy atom. The van der Waals surface area contributed by atoms with Crippen LogP contribution in [-0.4, -0.2) is 37.6 Å². The molecule has 2 aliphatic rings. The second kappa shape index (κ2) is 6.95. The van der Waals surface area contributed by atoms with Crippen molar-refractivity contribution in [2.45, 2.75) is 31.0 Å². The van der Waals surface area contributed by atoms with Gasteiger partial charge in [0, 0.05) is 30.7 Å². The first-order valence-electron chi connectivity index (χ1n) is 7.97. The Morgan fingerprint density at radius 3 is 2.20 bits per heavy atom. The molecule has 0 unspecified atom stereocenters. The summed E-state index contributed by atoms with van der Waals surface area (Å²) in [4.78, 5) is 5.23. The first-order chi connectivity index (χ1) is 9.85. The molecule has 1 aromatic carbocycles. The molecule has 20 heavy (non-hydrogen) atoms. The minimum absolute atomic E-state index is 0.922. The zero-order chi connectivity index (χ0) is 13.8. The predicted molar refractivity (Wildman–Crippen MR) is 89.7 cm³/mol. The van der Waals surface area contributed by atoms with Gasteiger partial charge in [-0.3, -0.25) is 0 Å². The summed E-state index contributed by atoms with van der Waals surface area (Å²) in [5.41, 5.74) is 2.76. The predicted octanol–water partition coefficient (Wildman–Crippen LogP) is 3.89. The highest BCUT2D eigenvalue weighted by molar-refractivity contribution is 9.08. The standard InChI is InChI=1S/C17H25BrN2/c18-13-15-3-5-17(6-4-15)20-11-7-16(8-12-20)14-19-9-1-2-10-19/h3-6,16H,1-2,7-14H2. The Labute approximate surface area is 131 Å². The third-order valence-corrected chi connectivity index (χ3v) is 5.43. The number of hydrogen-bond acceptors (Lipinski definition) is 2. The summed E-state index contributed by atoms with van der Waals surface area (Å²) in [6.07, 6.45) is 5.55. The fourth-order valence-electron chi connectivity index (χ4n) is 3.50. The molecule has 2 fully saturated rings. The van der Waals surface area contributed by atoms with Crippen molar-refractivity contribution >= 4 is 21.6 Å². The normalized spacial score (nSPS) is 21.6. The number of piperidine rings is 1. The van der Waals surface area contributed by atoms with E-state index in [4.69, 9.17) is 0 Å². The number of likely N-dealkylation sites (tertiary alicyclic amines) is 1. The quantitative estimate of drug-likeness (QED) is 0.769. The lowest BCUT2D eigenvalue weighted by Gasteiger charge is -2.35. The Balaban J connectivity index is 1.49. The van der Waals surface area contributed by atoms with Crippen LogP contribution in [0.5, 0.6) is 0 Å². The third kappa shape index (κ3) is 3.56. The van der Waals surface area contributed by atoms with Crippen molar-refractivity contribution in [3.05, 3.63) is 29.8 Å². The molecule has 3 rings (SSSR count). The Bertz CT molecular complexity index is 404. The van der Waals surface area contributed by atoms with E-state index in [1.165, 1.54) is 69.7 Å². The second-order valence-electron chi connectivity index (χ2n) is 6.24. The van der Waals surface area contributed by atoms with E-state index in [1.807, 2.05) is 0 Å². The monoisotopic (exact) mass is 336 g/mol. The van der Waals surface area contributed by atoms with Crippen LogP contribution in [0.2, 0.25) is 0 Å². The van der Waals surface area contributed by atoms with Gasteiger partial charge in [-0.15, -0.1) is 0 Å². The molecule has 3 heteroatoms. The maximum absolute atomic E-state index is 3.51. The smallest absolute Gasteiger partial charge is 0.0366 e. The van der Waals surface area contributed by atoms with E-state index in [-0.39, 0.29) is 0 Å². The van der Waals surface area contributed by atoms with Gasteiger partial charge in [0.2, 0.25) is 0 Å². The molecule has 0 amide bonds. The molecule has 0 aliphatic carbocycles. The van der Waals surface area contributed by atoms with E-state index in [1.54, 1.807) is 0 Å². The van der Waals surface area contributed by atoms with Crippen molar-refractivity contribution in [1.82, 2.24) is 4.90 Å². The van der Waals surface area contributed by atoms with Crippen LogP contribution in [0.25, 0.3) is 0 Å². The van der Waals surface area contributed by atoms with Crippen molar-refractivity contribution in [1.29, 1.82) is 0 Å². The summed E-state index contributed by atoms with van der Waals surface area (Å²) in [5.74, 6) is 0.922. The van der Waals surface area contributed by atoms with Crippen LogP contribution in [-0.2, 0) is 5.33 Å². The van der Waals surface area contributed by atoms with Gasteiger partial charge in [0.15, 0.2) is 0 Å². The van der Waals surface area contributed by atoms with Gasteiger partial charge in [-0.25, -0.2) is 0 Å². The molecule has 0 bridgehead atoms. The molecule has 0 saturated carbocycles. The molecule has 2 aliphatic heterocycles. The average Bonchev–Trinajstić information content (AvgIpc) is 3.01. The van der Waals surface area contributed by atoms with Gasteiger partial charge in [-0.05, 0) is 62.4 Å². The fraction of sp³-hybridized carbons (Fsp3) is 0.647. The molecule has 1 aromatic rings. The summed E-state index contributed by atoms with van der Waals surface area (Å²) in [5, 5.41) is 0.950. The van der Waals surface area contributed by atoms with Gasteiger partial charge in [-0.1, -0.05) is 28.1 Å². The van der Waals surface area contributed by atoms with Crippen LogP contribution in [0.3, 0.4) is 0 Å². The average molecular weight is 337 g/mol. The van der Waals surface area contributed by atoms with Crippen molar-refractivity contribution in [3.8, 4) is 0 Å². The highest BCUT2D eigenvalue weighted by Crippen LogP contribution is 2.25. The van der Waals surface area contributed by atoms with Crippen LogP contribution in [0.4, 0.5) is 5.69 Å². The lowest BCUT2D eigenvalue weighted by Crippen LogP contribution is -2.38. The molecule has 2 heterocycles. The topological polar surface area (TPSA) is 6.48 Å². The van der Waals surface area contributed by atoms with E-state index >= 15 is 0 Å². The van der Waals surface area contributed by atoms with Crippen LogP contribution in [0.15, 0.2) is 24.3 Å². The molecule has 0 radical (unpaired) electrons. The molecule has 110 valence electrons. The first-order valence-corrected chi connectivity index (χ1v) is 9.09. The summed E-state index contributed by atoms with van der Waals surface area (Å²) < 4.78 is 0. The maximum Gasteiger partial charge on any atom is 0.0366 e. The Hall–Kier alpha value is -0.540. The van der Waals surface area contributed by atoms with Gasteiger partial charge in [0.25, 0.3) is 0 Å². The van der Waals surface area contributed by atoms with E-state index in [9.17, 15) is 0 Å². The molecule has 2 saturated heterocycles. The molecule has 0 atom stereocenters. The largest absolute Gasteiger partial charge is 0.372 e. The van der Waals surface area contributed by atoms with Crippen LogP contribution in [0.1, 0.15) is 31.2 Å². The molecule has 2 nitrogen and oxygen atoms in total. The number of nitrogens with zero attached hydrogens (tertiary/aromatic N) is 2. The summed E-state index contributed by atoms with van der Waals surface area (Å²) in [7, 11) is 0. The maximum atomic E-state index is 3.51. The summed E-state index contributed by atoms with van der Waals surface area (Å²) in [6.45, 7) is 6.48. The zero-order valence-corrected chi connectivity index (χ0v) is 13.8. The van der Waals surface area contributed by atoms with Crippen LogP contribution >= 0.6 is 15.9 Å². The summed E-state index contributed by atoms with van der Waals surface area (Å²) in [6, 6.07) is 9.02. The summed E-state index contributed by atoms with van der Waals surface area (Å²) >= 11 is 3.51. The Kier molecular flexibility index (Phi) is 5.00. The molecule has 0 spiro atoms. The number of hydrogen-bond donors (Lipinski definition) is 0. The third-order valence-electron chi connectivity index (χ3n) is 4.79. The lowest BCUT2D eigenvalue weighted by molar-refractivity contribution is 0.249. The van der Waals surface area contributed by atoms with Crippen molar-refractivity contribution in [2.75, 3.05) is 37.6 Å². The molecule has 0 N–H and O–H groups in total. The van der Waals surface area contributed by atoms with E-state index in [0.717, 1.165) is 11.2 Å². The SMILES string of the molecule is BrCc1ccc(N2CCC(CN3CCCC3)CC2)cc1. The van der Waals surface area contributed by atoms with E-state index in [2.05, 4.69) is 50.0 Å². The van der Waals surface area contributed by atoms with E-state index in [0.29, 0.717) is 0 Å². The minimum atomic E-state index is 0.922. The van der Waals surface area contributed by atoms with Gasteiger partial charge < -0.3 is 9.80 Å². The number of halogens is 1. The molecule has 0 aromatic heterocycles. The second-order valence-corrected chi connectivity index (χ2v) is 6.80.